The van der Waals surface area contributed by atoms with Crippen LogP contribution in [0.4, 0.5) is 10.5 Å². The van der Waals surface area contributed by atoms with Crippen LogP contribution in [0.25, 0.3) is 0 Å². The van der Waals surface area contributed by atoms with Crippen LogP contribution in [0.15, 0.2) is 12.1 Å². The van der Waals surface area contributed by atoms with Crippen molar-refractivity contribution in [2.75, 3.05) is 11.4 Å². The number of amides is 1. The number of rotatable bonds is 0. The van der Waals surface area contributed by atoms with Crippen molar-refractivity contribution in [3.8, 4) is 0 Å². The summed E-state index contributed by atoms with van der Waals surface area (Å²) in [6.45, 7) is 5.61. The van der Waals surface area contributed by atoms with E-state index >= 15 is 0 Å². The quantitative estimate of drug-likeness (QED) is 0.716. The van der Waals surface area contributed by atoms with Gasteiger partial charge in [-0.15, -0.1) is 0 Å². The molecule has 0 bridgehead atoms. The molecule has 4 nitrogen and oxygen atoms in total. The third-order valence-corrected chi connectivity index (χ3v) is 3.30. The maximum absolute atomic E-state index is 12.2. The molecular weight excluding hydrogens is 301 g/mol. The van der Waals surface area contributed by atoms with Crippen LogP contribution in [0.3, 0.4) is 0 Å². The van der Waals surface area contributed by atoms with Crippen LogP contribution < -0.4 is 4.90 Å². The summed E-state index contributed by atoms with van der Waals surface area (Å²) in [5.41, 5.74) is 0.127. The molecule has 0 saturated heterocycles. The van der Waals surface area contributed by atoms with Crippen LogP contribution in [0.1, 0.15) is 37.6 Å². The van der Waals surface area contributed by atoms with Crippen LogP contribution in [0.2, 0.25) is 10.0 Å². The highest BCUT2D eigenvalue weighted by molar-refractivity contribution is 6.38. The van der Waals surface area contributed by atoms with E-state index in [0.29, 0.717) is 16.3 Å². The largest absolute Gasteiger partial charge is 0.443 e. The number of anilines is 1. The second-order valence-electron chi connectivity index (χ2n) is 5.59. The third kappa shape index (κ3) is 3.07. The number of nitrogens with zero attached hydrogens (tertiary/aromatic N) is 1. The molecule has 1 amide bonds. The highest BCUT2D eigenvalue weighted by atomic mass is 35.5. The lowest BCUT2D eigenvalue weighted by atomic mass is 10.0. The van der Waals surface area contributed by atoms with Crippen molar-refractivity contribution in [2.45, 2.75) is 32.8 Å². The van der Waals surface area contributed by atoms with Gasteiger partial charge in [0.25, 0.3) is 0 Å². The fourth-order valence-corrected chi connectivity index (χ4v) is 2.60. The van der Waals surface area contributed by atoms with E-state index in [2.05, 4.69) is 0 Å². The Bertz CT molecular complexity index is 579. The zero-order valence-electron chi connectivity index (χ0n) is 11.5. The van der Waals surface area contributed by atoms with Gasteiger partial charge in [0, 0.05) is 18.0 Å². The number of halogens is 2. The van der Waals surface area contributed by atoms with E-state index in [1.165, 1.54) is 11.0 Å². The standard InChI is InChI=1S/C14H15Cl2NO3/c1-14(2,3)20-13(19)17-5-4-11(18)12-9(16)6-8(15)7-10(12)17/h6-7H,4-5H2,1-3H3. The second kappa shape index (κ2) is 5.26. The van der Waals surface area contributed by atoms with Gasteiger partial charge in [-0.05, 0) is 32.9 Å². The molecule has 0 atom stereocenters. The molecule has 1 aliphatic heterocycles. The zero-order valence-corrected chi connectivity index (χ0v) is 13.0. The fourth-order valence-electron chi connectivity index (χ4n) is 2.01. The van der Waals surface area contributed by atoms with Crippen molar-refractivity contribution < 1.29 is 14.3 Å². The van der Waals surface area contributed by atoms with Crippen molar-refractivity contribution in [3.05, 3.63) is 27.7 Å². The Hall–Kier alpha value is -1.26. The van der Waals surface area contributed by atoms with E-state index < -0.39 is 11.7 Å². The van der Waals surface area contributed by atoms with Crippen molar-refractivity contribution in [3.63, 3.8) is 0 Å². The summed E-state index contributed by atoms with van der Waals surface area (Å²) in [6.07, 6.45) is -0.294. The Morgan fingerprint density at radius 2 is 1.95 bits per heavy atom. The van der Waals surface area contributed by atoms with Crippen molar-refractivity contribution in [1.29, 1.82) is 0 Å². The highest BCUT2D eigenvalue weighted by Crippen LogP contribution is 2.36. The number of ketones is 1. The molecule has 20 heavy (non-hydrogen) atoms. The fraction of sp³-hybridized carbons (Fsp3) is 0.429. The number of hydrogen-bond acceptors (Lipinski definition) is 3. The first-order chi connectivity index (χ1) is 9.19. The molecule has 2 rings (SSSR count). The smallest absolute Gasteiger partial charge is 0.414 e. The van der Waals surface area contributed by atoms with Gasteiger partial charge in [0.1, 0.15) is 5.60 Å². The van der Waals surface area contributed by atoms with Crippen LogP contribution in [0, 0.1) is 0 Å². The lowest BCUT2D eigenvalue weighted by molar-refractivity contribution is 0.0577. The predicted octanol–water partition coefficient (Wildman–Crippen LogP) is 4.32. The number of carbonyl (C=O) groups is 2. The van der Waals surface area contributed by atoms with E-state index in [-0.39, 0.29) is 23.8 Å². The molecule has 6 heteroatoms. The van der Waals surface area contributed by atoms with Gasteiger partial charge in [0.05, 0.1) is 16.3 Å². The number of ether oxygens (including phenoxy) is 1. The average Bonchev–Trinajstić information content (AvgIpc) is 2.25. The van der Waals surface area contributed by atoms with E-state index in [1.54, 1.807) is 26.8 Å². The monoisotopic (exact) mass is 315 g/mol. The van der Waals surface area contributed by atoms with Gasteiger partial charge < -0.3 is 4.74 Å². The molecule has 108 valence electrons. The van der Waals surface area contributed by atoms with E-state index in [0.717, 1.165) is 0 Å². The molecule has 0 aliphatic carbocycles. The van der Waals surface area contributed by atoms with Gasteiger partial charge in [-0.2, -0.15) is 0 Å². The first-order valence-electron chi connectivity index (χ1n) is 6.22. The molecule has 0 saturated carbocycles. The molecule has 1 aromatic rings. The Labute approximate surface area is 127 Å². The molecule has 0 aromatic heterocycles. The molecule has 1 aliphatic rings. The first-order valence-corrected chi connectivity index (χ1v) is 6.97. The minimum atomic E-state index is -0.610. The number of carbonyl (C=O) groups excluding carboxylic acids is 2. The van der Waals surface area contributed by atoms with Gasteiger partial charge in [-0.3, -0.25) is 9.69 Å². The number of hydrogen-bond donors (Lipinski definition) is 0. The Balaban J connectivity index is 2.43. The van der Waals surface area contributed by atoms with Crippen LogP contribution in [0.5, 0.6) is 0 Å². The van der Waals surface area contributed by atoms with Crippen molar-refractivity contribution in [1.82, 2.24) is 0 Å². The van der Waals surface area contributed by atoms with Gasteiger partial charge >= 0.3 is 6.09 Å². The topological polar surface area (TPSA) is 46.6 Å². The van der Waals surface area contributed by atoms with Gasteiger partial charge in [-0.1, -0.05) is 23.2 Å². The molecule has 1 heterocycles. The predicted molar refractivity (Wildman–Crippen MR) is 79.0 cm³/mol. The highest BCUT2D eigenvalue weighted by Gasteiger charge is 2.32. The summed E-state index contributed by atoms with van der Waals surface area (Å²) >= 11 is 12.0. The molecular formula is C14H15Cl2NO3. The van der Waals surface area contributed by atoms with Crippen LogP contribution in [-0.2, 0) is 4.74 Å². The third-order valence-electron chi connectivity index (χ3n) is 2.78. The maximum atomic E-state index is 12.2. The molecule has 1 aromatic carbocycles. The minimum Gasteiger partial charge on any atom is -0.443 e. The molecule has 0 radical (unpaired) electrons. The Morgan fingerprint density at radius 3 is 2.55 bits per heavy atom. The lowest BCUT2D eigenvalue weighted by Gasteiger charge is -2.31. The van der Waals surface area contributed by atoms with Gasteiger partial charge in [0.2, 0.25) is 0 Å². The Morgan fingerprint density at radius 1 is 1.30 bits per heavy atom. The first kappa shape index (κ1) is 15.1. The van der Waals surface area contributed by atoms with Crippen LogP contribution >= 0.6 is 23.2 Å². The van der Waals surface area contributed by atoms with Crippen LogP contribution in [-0.4, -0.2) is 24.0 Å². The Kier molecular flexibility index (Phi) is 3.98. The number of Topliss-reactive ketones (excluding diaryl/α,β-unsaturated/α-hetero) is 1. The summed E-state index contributed by atoms with van der Waals surface area (Å²) in [4.78, 5) is 25.6. The molecule has 0 unspecified atom stereocenters. The van der Waals surface area contributed by atoms with Gasteiger partial charge in [-0.25, -0.2) is 4.79 Å². The van der Waals surface area contributed by atoms with E-state index in [9.17, 15) is 9.59 Å². The number of benzene rings is 1. The van der Waals surface area contributed by atoms with Crippen molar-refractivity contribution >= 4 is 40.8 Å². The summed E-state index contributed by atoms with van der Waals surface area (Å²) in [5.74, 6) is -0.0959. The van der Waals surface area contributed by atoms with Crippen molar-refractivity contribution in [2.24, 2.45) is 0 Å². The number of fused-ring (bicyclic) bond motifs is 1. The second-order valence-corrected chi connectivity index (χ2v) is 6.43. The zero-order chi connectivity index (χ0) is 15.1. The summed E-state index contributed by atoms with van der Waals surface area (Å²) < 4.78 is 5.34. The summed E-state index contributed by atoms with van der Waals surface area (Å²) in [7, 11) is 0. The summed E-state index contributed by atoms with van der Waals surface area (Å²) in [6, 6.07) is 3.06. The van der Waals surface area contributed by atoms with Gasteiger partial charge in [0.15, 0.2) is 5.78 Å². The molecule has 0 fully saturated rings. The molecule has 0 spiro atoms. The minimum absolute atomic E-state index is 0.0959. The normalized spacial score (nSPS) is 15.1. The maximum Gasteiger partial charge on any atom is 0.414 e. The SMILES string of the molecule is CC(C)(C)OC(=O)N1CCC(=O)c2c(Cl)cc(Cl)cc21. The summed E-state index contributed by atoms with van der Waals surface area (Å²) in [5, 5.41) is 0.628. The average molecular weight is 316 g/mol. The van der Waals surface area contributed by atoms with E-state index in [4.69, 9.17) is 27.9 Å². The lowest BCUT2D eigenvalue weighted by Crippen LogP contribution is -2.41. The van der Waals surface area contributed by atoms with E-state index in [1.807, 2.05) is 0 Å². The molecule has 0 N–H and O–H groups in total.